The van der Waals surface area contributed by atoms with Crippen LogP contribution in [-0.2, 0) is 0 Å². The molecule has 0 bridgehead atoms. The van der Waals surface area contributed by atoms with Gasteiger partial charge in [-0.2, -0.15) is 0 Å². The van der Waals surface area contributed by atoms with Crippen LogP contribution in [0.5, 0.6) is 0 Å². The molecule has 0 saturated carbocycles. The van der Waals surface area contributed by atoms with Crippen LogP contribution in [0.2, 0.25) is 0 Å². The molecule has 1 aromatic heterocycles. The van der Waals surface area contributed by atoms with Crippen LogP contribution >= 0.6 is 0 Å². The van der Waals surface area contributed by atoms with Crippen molar-refractivity contribution in [2.45, 2.75) is 0 Å². The van der Waals surface area contributed by atoms with Crippen molar-refractivity contribution in [3.63, 3.8) is 0 Å². The van der Waals surface area contributed by atoms with E-state index in [9.17, 15) is 0 Å². The molecule has 1 heterocycles. The van der Waals surface area contributed by atoms with E-state index >= 15 is 0 Å². The van der Waals surface area contributed by atoms with Gasteiger partial charge in [0.15, 0.2) is 0 Å². The van der Waals surface area contributed by atoms with Crippen molar-refractivity contribution in [3.8, 4) is 0 Å². The van der Waals surface area contributed by atoms with Gasteiger partial charge in [-0.05, 0) is 57.9 Å². The summed E-state index contributed by atoms with van der Waals surface area (Å²) in [5.41, 5.74) is 15.4. The Kier molecular flexibility index (Phi) is 4.41. The molecule has 6 rings (SSSR count). The first-order valence-electron chi connectivity index (χ1n) is 9.90. The minimum atomic E-state index is 0.816. The highest BCUT2D eigenvalue weighted by molar-refractivity contribution is 6.06. The van der Waals surface area contributed by atoms with Crippen LogP contribution < -0.4 is 11.5 Å². The van der Waals surface area contributed by atoms with Gasteiger partial charge < -0.3 is 11.5 Å². The monoisotopic (exact) mass is 387 g/mol. The standard InChI is InChI=1S/C14H11N.C13H10N2/c15-14-6-5-12-7-10-3-1-2-4-11(10)8-13(12)9-14;14-13-9-5-1-3-7-11(9)15-12-8-4-2-6-10(12)13/h1-9H,15H2;1-8H,(H2,14,15). The zero-order valence-corrected chi connectivity index (χ0v) is 16.4. The summed E-state index contributed by atoms with van der Waals surface area (Å²) < 4.78 is 0. The number of nitrogens with zero attached hydrogens (tertiary/aromatic N) is 1. The number of nitrogens with two attached hydrogens (primary N) is 2. The Hall–Kier alpha value is -4.11. The number of aromatic nitrogens is 1. The third-order valence-corrected chi connectivity index (χ3v) is 5.36. The van der Waals surface area contributed by atoms with E-state index in [-0.39, 0.29) is 0 Å². The van der Waals surface area contributed by atoms with Crippen LogP contribution in [0, 0.1) is 0 Å². The largest absolute Gasteiger partial charge is 0.399 e. The van der Waals surface area contributed by atoms with E-state index in [0.717, 1.165) is 33.2 Å². The lowest BCUT2D eigenvalue weighted by Gasteiger charge is -2.05. The summed E-state index contributed by atoms with van der Waals surface area (Å²) in [6, 6.07) is 34.7. The second kappa shape index (κ2) is 7.37. The van der Waals surface area contributed by atoms with Crippen molar-refractivity contribution in [1.29, 1.82) is 0 Å². The SMILES string of the molecule is Nc1c2ccccc2nc2ccccc12.Nc1ccc2cc3ccccc3cc2c1. The molecule has 30 heavy (non-hydrogen) atoms. The molecule has 0 aliphatic rings. The molecule has 5 aromatic carbocycles. The number of para-hydroxylation sites is 2. The summed E-state index contributed by atoms with van der Waals surface area (Å²) in [6.45, 7) is 0. The second-order valence-corrected chi connectivity index (χ2v) is 7.37. The van der Waals surface area contributed by atoms with E-state index in [4.69, 9.17) is 11.5 Å². The predicted molar refractivity (Wildman–Crippen MR) is 130 cm³/mol. The zero-order valence-electron chi connectivity index (χ0n) is 16.4. The fourth-order valence-corrected chi connectivity index (χ4v) is 3.83. The number of anilines is 2. The maximum absolute atomic E-state index is 6.11. The molecule has 6 aromatic rings. The van der Waals surface area contributed by atoms with Gasteiger partial charge in [0, 0.05) is 16.5 Å². The van der Waals surface area contributed by atoms with Crippen molar-refractivity contribution in [1.82, 2.24) is 4.98 Å². The molecule has 0 amide bonds. The van der Waals surface area contributed by atoms with Crippen molar-refractivity contribution in [2.75, 3.05) is 11.5 Å². The second-order valence-electron chi connectivity index (χ2n) is 7.37. The minimum Gasteiger partial charge on any atom is -0.399 e. The zero-order chi connectivity index (χ0) is 20.5. The Morgan fingerprint density at radius 3 is 1.60 bits per heavy atom. The number of hydrogen-bond acceptors (Lipinski definition) is 3. The third kappa shape index (κ3) is 3.27. The highest BCUT2D eigenvalue weighted by Gasteiger charge is 2.04. The molecule has 0 spiro atoms. The average Bonchev–Trinajstić information content (AvgIpc) is 2.78. The van der Waals surface area contributed by atoms with Crippen LogP contribution in [0.25, 0.3) is 43.4 Å². The summed E-state index contributed by atoms with van der Waals surface area (Å²) in [5, 5.41) is 7.02. The molecule has 0 unspecified atom stereocenters. The maximum atomic E-state index is 6.11. The van der Waals surface area contributed by atoms with Crippen molar-refractivity contribution < 1.29 is 0 Å². The first-order chi connectivity index (χ1) is 14.7. The van der Waals surface area contributed by atoms with Crippen LogP contribution in [0.4, 0.5) is 11.4 Å². The van der Waals surface area contributed by atoms with E-state index in [1.807, 2.05) is 60.7 Å². The molecule has 0 atom stereocenters. The van der Waals surface area contributed by atoms with Gasteiger partial charge in [0.25, 0.3) is 0 Å². The molecule has 0 aliphatic heterocycles. The smallest absolute Gasteiger partial charge is 0.0730 e. The number of fused-ring (bicyclic) bond motifs is 4. The maximum Gasteiger partial charge on any atom is 0.0730 e. The van der Waals surface area contributed by atoms with Gasteiger partial charge in [0.2, 0.25) is 0 Å². The van der Waals surface area contributed by atoms with Gasteiger partial charge in [-0.25, -0.2) is 4.98 Å². The third-order valence-electron chi connectivity index (χ3n) is 5.36. The summed E-state index contributed by atoms with van der Waals surface area (Å²) in [4.78, 5) is 4.56. The van der Waals surface area contributed by atoms with Crippen molar-refractivity contribution in [3.05, 3.63) is 103 Å². The number of benzene rings is 5. The summed E-state index contributed by atoms with van der Waals surface area (Å²) in [7, 11) is 0. The lowest BCUT2D eigenvalue weighted by molar-refractivity contribution is 1.50. The molecular weight excluding hydrogens is 366 g/mol. The fourth-order valence-electron chi connectivity index (χ4n) is 3.83. The van der Waals surface area contributed by atoms with E-state index in [1.165, 1.54) is 21.5 Å². The van der Waals surface area contributed by atoms with Crippen LogP contribution in [0.3, 0.4) is 0 Å². The van der Waals surface area contributed by atoms with Crippen LogP contribution in [0.1, 0.15) is 0 Å². The lowest BCUT2D eigenvalue weighted by Crippen LogP contribution is -1.91. The molecule has 0 radical (unpaired) electrons. The first-order valence-corrected chi connectivity index (χ1v) is 9.90. The molecule has 3 heteroatoms. The van der Waals surface area contributed by atoms with Gasteiger partial charge in [-0.1, -0.05) is 66.7 Å². The Labute approximate surface area is 174 Å². The van der Waals surface area contributed by atoms with Gasteiger partial charge in [-0.15, -0.1) is 0 Å². The summed E-state index contributed by atoms with van der Waals surface area (Å²) in [5.74, 6) is 0. The molecular formula is C27H21N3. The van der Waals surface area contributed by atoms with E-state index in [0.29, 0.717) is 0 Å². The molecule has 3 nitrogen and oxygen atoms in total. The van der Waals surface area contributed by atoms with Gasteiger partial charge >= 0.3 is 0 Å². The Morgan fingerprint density at radius 1 is 0.467 bits per heavy atom. The van der Waals surface area contributed by atoms with Gasteiger partial charge in [0.1, 0.15) is 0 Å². The molecule has 0 saturated heterocycles. The van der Waals surface area contributed by atoms with Gasteiger partial charge in [-0.3, -0.25) is 0 Å². The highest BCUT2D eigenvalue weighted by atomic mass is 14.7. The number of pyridine rings is 1. The van der Waals surface area contributed by atoms with Gasteiger partial charge in [0.05, 0.1) is 16.7 Å². The minimum absolute atomic E-state index is 0.816. The highest BCUT2D eigenvalue weighted by Crippen LogP contribution is 2.27. The Bertz CT molecular complexity index is 1460. The first kappa shape index (κ1) is 18.0. The van der Waals surface area contributed by atoms with Crippen molar-refractivity contribution >= 4 is 54.7 Å². The Morgan fingerprint density at radius 2 is 0.967 bits per heavy atom. The Balaban J connectivity index is 0.000000128. The van der Waals surface area contributed by atoms with Crippen molar-refractivity contribution in [2.24, 2.45) is 0 Å². The summed E-state index contributed by atoms with van der Waals surface area (Å²) in [6.07, 6.45) is 0. The molecule has 0 fully saturated rings. The number of nitrogen functional groups attached to an aromatic ring is 2. The fraction of sp³-hybridized carbons (Fsp3) is 0. The number of hydrogen-bond donors (Lipinski definition) is 2. The molecule has 4 N–H and O–H groups in total. The van der Waals surface area contributed by atoms with E-state index in [2.05, 4.69) is 47.4 Å². The van der Waals surface area contributed by atoms with Crippen LogP contribution in [-0.4, -0.2) is 4.98 Å². The van der Waals surface area contributed by atoms with Crippen LogP contribution in [0.15, 0.2) is 103 Å². The lowest BCUT2D eigenvalue weighted by atomic mass is 10.0. The molecule has 144 valence electrons. The molecule has 0 aliphatic carbocycles. The normalized spacial score (nSPS) is 10.9. The van der Waals surface area contributed by atoms with E-state index in [1.54, 1.807) is 0 Å². The van der Waals surface area contributed by atoms with E-state index < -0.39 is 0 Å². The summed E-state index contributed by atoms with van der Waals surface area (Å²) >= 11 is 0. The number of rotatable bonds is 0. The quantitative estimate of drug-likeness (QED) is 0.229. The topological polar surface area (TPSA) is 64.9 Å². The predicted octanol–water partition coefficient (Wildman–Crippen LogP) is 6.55. The average molecular weight is 387 g/mol.